The Labute approximate surface area is 135 Å². The lowest BCUT2D eigenvalue weighted by Gasteiger charge is -2.23. The maximum atomic E-state index is 6.18. The second-order valence-corrected chi connectivity index (χ2v) is 6.53. The summed E-state index contributed by atoms with van der Waals surface area (Å²) >= 11 is 0. The molecule has 2 aromatic rings. The summed E-state index contributed by atoms with van der Waals surface area (Å²) in [5, 5.41) is 3.38. The first-order valence-electron chi connectivity index (χ1n) is 8.09. The van der Waals surface area contributed by atoms with Crippen molar-refractivity contribution in [3.8, 4) is 0 Å². The highest BCUT2D eigenvalue weighted by molar-refractivity contribution is 5.25. The predicted octanol–water partition coefficient (Wildman–Crippen LogP) is 1.06. The van der Waals surface area contributed by atoms with Crippen molar-refractivity contribution in [1.82, 2.24) is 24.4 Å². The molecule has 1 N–H and O–H groups in total. The molecular weight excluding hydrogens is 292 g/mol. The molecule has 7 heteroatoms. The van der Waals surface area contributed by atoms with E-state index in [1.165, 1.54) is 0 Å². The van der Waals surface area contributed by atoms with Crippen LogP contribution in [0.5, 0.6) is 0 Å². The van der Waals surface area contributed by atoms with E-state index in [0.717, 1.165) is 38.3 Å². The van der Waals surface area contributed by atoms with E-state index in [0.29, 0.717) is 12.6 Å². The minimum Gasteiger partial charge on any atom is -0.371 e. The molecule has 1 spiro atoms. The Morgan fingerprint density at radius 3 is 2.96 bits per heavy atom. The van der Waals surface area contributed by atoms with Gasteiger partial charge in [0.15, 0.2) is 0 Å². The Hall–Kier alpha value is -1.99. The van der Waals surface area contributed by atoms with Gasteiger partial charge in [-0.2, -0.15) is 0 Å². The zero-order valence-electron chi connectivity index (χ0n) is 13.4. The monoisotopic (exact) mass is 314 g/mol. The second-order valence-electron chi connectivity index (χ2n) is 6.53. The summed E-state index contributed by atoms with van der Waals surface area (Å²) in [4.78, 5) is 15.3. The molecule has 4 heterocycles. The summed E-state index contributed by atoms with van der Waals surface area (Å²) in [6.07, 6.45) is 9.43. The molecule has 4 rings (SSSR count). The lowest BCUT2D eigenvalue weighted by Crippen LogP contribution is -2.33. The molecule has 0 bridgehead atoms. The molecule has 23 heavy (non-hydrogen) atoms. The molecule has 2 aromatic heterocycles. The Morgan fingerprint density at radius 1 is 1.30 bits per heavy atom. The van der Waals surface area contributed by atoms with Gasteiger partial charge in [0.2, 0.25) is 5.95 Å². The third-order valence-corrected chi connectivity index (χ3v) is 4.79. The number of aromatic nitrogens is 4. The number of ether oxygens (including phenoxy) is 1. The lowest BCUT2D eigenvalue weighted by atomic mass is 9.97. The zero-order valence-corrected chi connectivity index (χ0v) is 13.4. The van der Waals surface area contributed by atoms with E-state index in [9.17, 15) is 0 Å². The molecule has 0 amide bonds. The highest BCUT2D eigenvalue weighted by Gasteiger charge is 2.45. The van der Waals surface area contributed by atoms with E-state index in [1.807, 2.05) is 25.5 Å². The first-order chi connectivity index (χ1) is 11.2. The number of imidazole rings is 1. The normalized spacial score (nSPS) is 27.8. The van der Waals surface area contributed by atoms with Gasteiger partial charge in [-0.3, -0.25) is 4.90 Å². The third kappa shape index (κ3) is 3.07. The number of rotatable bonds is 4. The fourth-order valence-electron chi connectivity index (χ4n) is 3.59. The van der Waals surface area contributed by atoms with Gasteiger partial charge in [0, 0.05) is 51.3 Å². The Morgan fingerprint density at radius 2 is 2.17 bits per heavy atom. The molecule has 0 aromatic carbocycles. The van der Waals surface area contributed by atoms with Crippen LogP contribution < -0.4 is 5.32 Å². The summed E-state index contributed by atoms with van der Waals surface area (Å²) in [7, 11) is 2.04. The van der Waals surface area contributed by atoms with Crippen LogP contribution in [0.4, 0.5) is 5.95 Å². The Kier molecular flexibility index (Phi) is 3.74. The van der Waals surface area contributed by atoms with Gasteiger partial charge in [0.1, 0.15) is 5.82 Å². The zero-order chi connectivity index (χ0) is 15.7. The molecule has 2 atom stereocenters. The Bertz CT molecular complexity index is 660. The highest BCUT2D eigenvalue weighted by atomic mass is 16.5. The summed E-state index contributed by atoms with van der Waals surface area (Å²) in [6.45, 7) is 3.62. The quantitative estimate of drug-likeness (QED) is 0.910. The molecule has 2 aliphatic rings. The average Bonchev–Trinajstić information content (AvgIpc) is 3.25. The standard InChI is InChI=1S/C16H22N6O/c1-21-8-6-17-14(21)10-22-7-3-16(12-22)9-13(11-23-16)20-15-18-4-2-5-19-15/h2,4-6,8,13H,3,7,9-12H2,1H3,(H,18,19,20). The van der Waals surface area contributed by atoms with Crippen molar-refractivity contribution in [3.05, 3.63) is 36.7 Å². The Balaban J connectivity index is 1.35. The maximum Gasteiger partial charge on any atom is 0.222 e. The summed E-state index contributed by atoms with van der Waals surface area (Å²) in [6, 6.07) is 2.11. The van der Waals surface area contributed by atoms with Crippen LogP contribution in [0, 0.1) is 0 Å². The first-order valence-corrected chi connectivity index (χ1v) is 8.09. The molecule has 2 fully saturated rings. The largest absolute Gasteiger partial charge is 0.371 e. The van der Waals surface area contributed by atoms with E-state index >= 15 is 0 Å². The van der Waals surface area contributed by atoms with Crippen molar-refractivity contribution in [2.24, 2.45) is 7.05 Å². The fourth-order valence-corrected chi connectivity index (χ4v) is 3.59. The molecule has 2 saturated heterocycles. The van der Waals surface area contributed by atoms with Gasteiger partial charge in [-0.25, -0.2) is 15.0 Å². The smallest absolute Gasteiger partial charge is 0.222 e. The summed E-state index contributed by atoms with van der Waals surface area (Å²) in [5.74, 6) is 1.79. The van der Waals surface area contributed by atoms with Gasteiger partial charge in [-0.15, -0.1) is 0 Å². The van der Waals surface area contributed by atoms with E-state index in [4.69, 9.17) is 4.74 Å². The number of aryl methyl sites for hydroxylation is 1. The van der Waals surface area contributed by atoms with Crippen molar-refractivity contribution in [2.75, 3.05) is 25.0 Å². The van der Waals surface area contributed by atoms with Crippen LogP contribution >= 0.6 is 0 Å². The minimum absolute atomic E-state index is 0.0301. The van der Waals surface area contributed by atoms with Crippen molar-refractivity contribution in [2.45, 2.75) is 31.0 Å². The highest BCUT2D eigenvalue weighted by Crippen LogP contribution is 2.36. The van der Waals surface area contributed by atoms with Crippen molar-refractivity contribution in [3.63, 3.8) is 0 Å². The van der Waals surface area contributed by atoms with Crippen LogP contribution in [0.1, 0.15) is 18.7 Å². The van der Waals surface area contributed by atoms with Gasteiger partial charge in [-0.05, 0) is 12.5 Å². The molecule has 7 nitrogen and oxygen atoms in total. The van der Waals surface area contributed by atoms with Crippen molar-refractivity contribution in [1.29, 1.82) is 0 Å². The number of nitrogens with one attached hydrogen (secondary N) is 1. The van der Waals surface area contributed by atoms with Gasteiger partial charge in [0.05, 0.1) is 24.8 Å². The lowest BCUT2D eigenvalue weighted by molar-refractivity contribution is 0.0117. The summed E-state index contributed by atoms with van der Waals surface area (Å²) in [5.41, 5.74) is -0.0301. The van der Waals surface area contributed by atoms with Crippen molar-refractivity contribution < 1.29 is 4.74 Å². The maximum absolute atomic E-state index is 6.18. The topological polar surface area (TPSA) is 68.1 Å². The number of hydrogen-bond acceptors (Lipinski definition) is 6. The molecule has 0 radical (unpaired) electrons. The third-order valence-electron chi connectivity index (χ3n) is 4.79. The number of anilines is 1. The second kappa shape index (κ2) is 5.90. The van der Waals surface area contributed by atoms with Crippen LogP contribution in [0.2, 0.25) is 0 Å². The van der Waals surface area contributed by atoms with Gasteiger partial charge in [-0.1, -0.05) is 0 Å². The minimum atomic E-state index is -0.0301. The summed E-state index contributed by atoms with van der Waals surface area (Å²) < 4.78 is 8.26. The predicted molar refractivity (Wildman–Crippen MR) is 85.8 cm³/mol. The van der Waals surface area contributed by atoms with E-state index in [2.05, 4.69) is 29.7 Å². The van der Waals surface area contributed by atoms with Crippen LogP contribution in [0.15, 0.2) is 30.9 Å². The molecule has 2 unspecified atom stereocenters. The van der Waals surface area contributed by atoms with E-state index in [-0.39, 0.29) is 11.6 Å². The molecule has 0 saturated carbocycles. The van der Waals surface area contributed by atoms with E-state index < -0.39 is 0 Å². The molecule has 2 aliphatic heterocycles. The molecular formula is C16H22N6O. The number of hydrogen-bond donors (Lipinski definition) is 1. The van der Waals surface area contributed by atoms with Gasteiger partial charge < -0.3 is 14.6 Å². The number of nitrogens with zero attached hydrogens (tertiary/aromatic N) is 5. The average molecular weight is 314 g/mol. The van der Waals surface area contributed by atoms with Crippen LogP contribution in [-0.2, 0) is 18.3 Å². The SMILES string of the molecule is Cn1ccnc1CN1CCC2(CC(Nc3ncccn3)CO2)C1. The van der Waals surface area contributed by atoms with Crippen molar-refractivity contribution >= 4 is 5.95 Å². The van der Waals surface area contributed by atoms with Crippen LogP contribution in [0.25, 0.3) is 0 Å². The molecule has 122 valence electrons. The number of likely N-dealkylation sites (tertiary alicyclic amines) is 1. The van der Waals surface area contributed by atoms with Gasteiger partial charge >= 0.3 is 0 Å². The van der Waals surface area contributed by atoms with Crippen LogP contribution in [0.3, 0.4) is 0 Å². The first kappa shape index (κ1) is 14.6. The van der Waals surface area contributed by atoms with Crippen LogP contribution in [-0.4, -0.2) is 55.8 Å². The van der Waals surface area contributed by atoms with E-state index in [1.54, 1.807) is 12.4 Å². The fraction of sp³-hybridized carbons (Fsp3) is 0.562. The molecule has 0 aliphatic carbocycles. The van der Waals surface area contributed by atoms with Gasteiger partial charge in [0.25, 0.3) is 0 Å².